The lowest BCUT2D eigenvalue weighted by Gasteiger charge is -2.38. The molecule has 3 unspecified atom stereocenters. The van der Waals surface area contributed by atoms with Crippen LogP contribution in [0.4, 0.5) is 0 Å². The molecule has 3 atom stereocenters. The van der Waals surface area contributed by atoms with Crippen molar-refractivity contribution in [2.75, 3.05) is 13.1 Å². The van der Waals surface area contributed by atoms with Crippen molar-refractivity contribution in [2.24, 2.45) is 11.3 Å². The largest absolute Gasteiger partial charge is 0.353 e. The second kappa shape index (κ2) is 6.05. The molecule has 18 heavy (non-hydrogen) atoms. The summed E-state index contributed by atoms with van der Waals surface area (Å²) in [5.74, 6) is 0.948. The van der Waals surface area contributed by atoms with E-state index in [0.29, 0.717) is 17.9 Å². The fraction of sp³-hybridized carbons (Fsp3) is 0.933. The van der Waals surface area contributed by atoms with Gasteiger partial charge in [0.2, 0.25) is 5.91 Å². The molecule has 1 aliphatic carbocycles. The maximum Gasteiger partial charge on any atom is 0.227 e. The van der Waals surface area contributed by atoms with Crippen LogP contribution in [0.2, 0.25) is 0 Å². The minimum atomic E-state index is -0.143. The van der Waals surface area contributed by atoms with Gasteiger partial charge in [-0.15, -0.1) is 0 Å². The number of carbonyl (C=O) groups is 1. The minimum Gasteiger partial charge on any atom is -0.353 e. The average molecular weight is 252 g/mol. The second-order valence-corrected chi connectivity index (χ2v) is 6.26. The van der Waals surface area contributed by atoms with Crippen LogP contribution in [-0.4, -0.2) is 25.0 Å². The van der Waals surface area contributed by atoms with Crippen molar-refractivity contribution in [3.05, 3.63) is 0 Å². The molecule has 1 aliphatic heterocycles. The standard InChI is InChI=1S/C15H28N2O/c1-3-15(9-6-10-16-11-15)14(18)17-13-8-5-4-7-12(13)2/h12-13,16H,3-11H2,1-2H3,(H,17,18). The lowest BCUT2D eigenvalue weighted by Crippen LogP contribution is -2.53. The van der Waals surface area contributed by atoms with Crippen LogP contribution in [0.25, 0.3) is 0 Å². The number of piperidine rings is 1. The van der Waals surface area contributed by atoms with Gasteiger partial charge >= 0.3 is 0 Å². The highest BCUT2D eigenvalue weighted by atomic mass is 16.2. The van der Waals surface area contributed by atoms with Crippen LogP contribution >= 0.6 is 0 Å². The molecule has 2 aliphatic rings. The summed E-state index contributed by atoms with van der Waals surface area (Å²) in [7, 11) is 0. The third-order valence-electron chi connectivity index (χ3n) is 5.06. The van der Waals surface area contributed by atoms with Crippen LogP contribution in [0, 0.1) is 11.3 Å². The number of carbonyl (C=O) groups excluding carboxylic acids is 1. The molecular weight excluding hydrogens is 224 g/mol. The predicted octanol–water partition coefficient (Wildman–Crippen LogP) is 2.46. The van der Waals surface area contributed by atoms with E-state index in [0.717, 1.165) is 32.4 Å². The fourth-order valence-corrected chi connectivity index (χ4v) is 3.48. The molecule has 104 valence electrons. The summed E-state index contributed by atoms with van der Waals surface area (Å²) in [4.78, 5) is 12.6. The first kappa shape index (κ1) is 13.9. The van der Waals surface area contributed by atoms with Crippen LogP contribution in [0.3, 0.4) is 0 Å². The Morgan fingerprint density at radius 3 is 2.72 bits per heavy atom. The summed E-state index contributed by atoms with van der Waals surface area (Å²) in [5.41, 5.74) is -0.143. The Labute approximate surface area is 111 Å². The molecule has 0 bridgehead atoms. The third kappa shape index (κ3) is 2.87. The van der Waals surface area contributed by atoms with E-state index in [1.54, 1.807) is 0 Å². The summed E-state index contributed by atoms with van der Waals surface area (Å²) in [6, 6.07) is 0.414. The lowest BCUT2D eigenvalue weighted by atomic mass is 9.76. The van der Waals surface area contributed by atoms with Crippen molar-refractivity contribution in [2.45, 2.75) is 64.8 Å². The highest BCUT2D eigenvalue weighted by Crippen LogP contribution is 2.32. The Hall–Kier alpha value is -0.570. The van der Waals surface area contributed by atoms with Gasteiger partial charge in [0, 0.05) is 12.6 Å². The van der Waals surface area contributed by atoms with Crippen LogP contribution in [0.15, 0.2) is 0 Å². The summed E-state index contributed by atoms with van der Waals surface area (Å²) in [6.45, 7) is 6.35. The van der Waals surface area contributed by atoms with E-state index in [1.165, 1.54) is 25.7 Å². The van der Waals surface area contributed by atoms with E-state index >= 15 is 0 Å². The summed E-state index contributed by atoms with van der Waals surface area (Å²) in [6.07, 6.45) is 8.15. The first-order chi connectivity index (χ1) is 8.68. The quantitative estimate of drug-likeness (QED) is 0.810. The second-order valence-electron chi connectivity index (χ2n) is 6.26. The first-order valence-corrected chi connectivity index (χ1v) is 7.69. The smallest absolute Gasteiger partial charge is 0.227 e. The summed E-state index contributed by atoms with van der Waals surface area (Å²) in [5, 5.41) is 6.75. The molecule has 1 saturated carbocycles. The number of amides is 1. The van der Waals surface area contributed by atoms with Crippen LogP contribution in [0.1, 0.15) is 58.8 Å². The number of hydrogen-bond donors (Lipinski definition) is 2. The summed E-state index contributed by atoms with van der Waals surface area (Å²) < 4.78 is 0. The van der Waals surface area contributed by atoms with Gasteiger partial charge in [-0.05, 0) is 44.6 Å². The van der Waals surface area contributed by atoms with Crippen molar-refractivity contribution < 1.29 is 4.79 Å². The van der Waals surface area contributed by atoms with Crippen LogP contribution in [0.5, 0.6) is 0 Å². The van der Waals surface area contributed by atoms with Crippen molar-refractivity contribution in [1.82, 2.24) is 10.6 Å². The molecule has 2 rings (SSSR count). The minimum absolute atomic E-state index is 0.143. The van der Waals surface area contributed by atoms with Gasteiger partial charge in [-0.3, -0.25) is 4.79 Å². The molecule has 1 amide bonds. The molecule has 3 heteroatoms. The molecule has 3 nitrogen and oxygen atoms in total. The van der Waals surface area contributed by atoms with Crippen LogP contribution < -0.4 is 10.6 Å². The van der Waals surface area contributed by atoms with Gasteiger partial charge in [-0.2, -0.15) is 0 Å². The number of nitrogens with one attached hydrogen (secondary N) is 2. The molecule has 2 N–H and O–H groups in total. The van der Waals surface area contributed by atoms with Gasteiger partial charge in [-0.25, -0.2) is 0 Å². The number of hydrogen-bond acceptors (Lipinski definition) is 2. The lowest BCUT2D eigenvalue weighted by molar-refractivity contribution is -0.133. The van der Waals surface area contributed by atoms with Gasteiger partial charge in [0.25, 0.3) is 0 Å². The first-order valence-electron chi connectivity index (χ1n) is 7.69. The van der Waals surface area contributed by atoms with Gasteiger partial charge in [0.05, 0.1) is 5.41 Å². The normalized spacial score (nSPS) is 37.2. The molecule has 1 heterocycles. The zero-order chi connectivity index (χ0) is 13.0. The topological polar surface area (TPSA) is 41.1 Å². The zero-order valence-electron chi connectivity index (χ0n) is 11.9. The van der Waals surface area contributed by atoms with Gasteiger partial charge in [-0.1, -0.05) is 26.7 Å². The molecule has 2 fully saturated rings. The average Bonchev–Trinajstić information content (AvgIpc) is 2.42. The third-order valence-corrected chi connectivity index (χ3v) is 5.06. The molecule has 1 saturated heterocycles. The zero-order valence-corrected chi connectivity index (χ0v) is 11.9. The van der Waals surface area contributed by atoms with Crippen molar-refractivity contribution in [3.8, 4) is 0 Å². The Balaban J connectivity index is 1.96. The molecule has 0 aromatic heterocycles. The molecule has 0 aromatic carbocycles. The highest BCUT2D eigenvalue weighted by molar-refractivity contribution is 5.83. The predicted molar refractivity (Wildman–Crippen MR) is 74.4 cm³/mol. The SMILES string of the molecule is CCC1(C(=O)NC2CCCCC2C)CCCNC1. The maximum atomic E-state index is 12.6. The van der Waals surface area contributed by atoms with E-state index in [2.05, 4.69) is 24.5 Å². The Kier molecular flexibility index (Phi) is 4.66. The van der Waals surface area contributed by atoms with Crippen LogP contribution in [-0.2, 0) is 4.79 Å². The van der Waals surface area contributed by atoms with Gasteiger partial charge in [0.1, 0.15) is 0 Å². The van der Waals surface area contributed by atoms with Crippen molar-refractivity contribution in [3.63, 3.8) is 0 Å². The van der Waals surface area contributed by atoms with E-state index in [4.69, 9.17) is 0 Å². The van der Waals surface area contributed by atoms with E-state index < -0.39 is 0 Å². The molecule has 0 radical (unpaired) electrons. The molecular formula is C15H28N2O. The molecule has 0 aromatic rings. The highest BCUT2D eigenvalue weighted by Gasteiger charge is 2.39. The number of rotatable bonds is 3. The van der Waals surface area contributed by atoms with E-state index in [1.807, 2.05) is 0 Å². The van der Waals surface area contributed by atoms with Crippen molar-refractivity contribution >= 4 is 5.91 Å². The Morgan fingerprint density at radius 2 is 2.11 bits per heavy atom. The van der Waals surface area contributed by atoms with Gasteiger partial charge < -0.3 is 10.6 Å². The monoisotopic (exact) mass is 252 g/mol. The fourth-order valence-electron chi connectivity index (χ4n) is 3.48. The van der Waals surface area contributed by atoms with Crippen molar-refractivity contribution in [1.29, 1.82) is 0 Å². The maximum absolute atomic E-state index is 12.6. The molecule has 0 spiro atoms. The Morgan fingerprint density at radius 1 is 1.33 bits per heavy atom. The van der Waals surface area contributed by atoms with E-state index in [-0.39, 0.29) is 5.41 Å². The van der Waals surface area contributed by atoms with Gasteiger partial charge in [0.15, 0.2) is 0 Å². The Bertz CT molecular complexity index is 284. The summed E-state index contributed by atoms with van der Waals surface area (Å²) >= 11 is 0. The van der Waals surface area contributed by atoms with E-state index in [9.17, 15) is 4.79 Å².